The molecule has 0 spiro atoms. The largest absolute Gasteiger partial charge is 0.466 e. The second-order valence-corrected chi connectivity index (χ2v) is 6.26. The van der Waals surface area contributed by atoms with Crippen LogP contribution in [-0.4, -0.2) is 18.1 Å². The molecule has 1 aromatic heterocycles. The van der Waals surface area contributed by atoms with Gasteiger partial charge in [-0.15, -0.1) is 0 Å². The van der Waals surface area contributed by atoms with Crippen molar-refractivity contribution in [2.45, 2.75) is 19.8 Å². The SMILES string of the molecule is COC(=O)C1=C(C)OC(N)=C(C#N)[C@@H]1c1cc2cccc(C)c2nc1Cl. The Kier molecular flexibility index (Phi) is 4.58. The van der Waals surface area contributed by atoms with E-state index in [0.717, 1.165) is 16.5 Å². The summed E-state index contributed by atoms with van der Waals surface area (Å²) in [4.78, 5) is 16.8. The minimum absolute atomic E-state index is 0.0666. The fourth-order valence-corrected chi connectivity index (χ4v) is 3.36. The molecule has 1 aliphatic rings. The Morgan fingerprint density at radius 1 is 1.42 bits per heavy atom. The Morgan fingerprint density at radius 2 is 2.15 bits per heavy atom. The Labute approximate surface area is 155 Å². The number of nitrogens with zero attached hydrogens (tertiary/aromatic N) is 2. The number of methoxy groups -OCH3 is 1. The van der Waals surface area contributed by atoms with Gasteiger partial charge in [-0.2, -0.15) is 5.26 Å². The van der Waals surface area contributed by atoms with Crippen molar-refractivity contribution >= 4 is 28.5 Å². The first-order valence-electron chi connectivity index (χ1n) is 7.81. The molecule has 0 radical (unpaired) electrons. The van der Waals surface area contributed by atoms with Crippen molar-refractivity contribution in [1.29, 1.82) is 5.26 Å². The monoisotopic (exact) mass is 369 g/mol. The zero-order valence-electron chi connectivity index (χ0n) is 14.5. The molecule has 2 N–H and O–H groups in total. The molecule has 1 aliphatic heterocycles. The summed E-state index contributed by atoms with van der Waals surface area (Å²) in [6.45, 7) is 3.52. The number of nitrogens with two attached hydrogens (primary N) is 1. The van der Waals surface area contributed by atoms with Crippen molar-refractivity contribution in [3.8, 4) is 6.07 Å². The Hall–Kier alpha value is -3.04. The van der Waals surface area contributed by atoms with E-state index in [1.807, 2.05) is 37.3 Å². The van der Waals surface area contributed by atoms with Gasteiger partial charge < -0.3 is 15.2 Å². The van der Waals surface area contributed by atoms with E-state index in [1.165, 1.54) is 7.11 Å². The van der Waals surface area contributed by atoms with Gasteiger partial charge in [-0.3, -0.25) is 0 Å². The topological polar surface area (TPSA) is 98.2 Å². The van der Waals surface area contributed by atoms with Crippen LogP contribution in [-0.2, 0) is 14.3 Å². The number of rotatable bonds is 2. The van der Waals surface area contributed by atoms with Crippen LogP contribution in [0.2, 0.25) is 5.15 Å². The van der Waals surface area contributed by atoms with Crippen molar-refractivity contribution in [3.63, 3.8) is 0 Å². The van der Waals surface area contributed by atoms with E-state index in [9.17, 15) is 10.1 Å². The van der Waals surface area contributed by atoms with Crippen LogP contribution in [0.15, 0.2) is 47.1 Å². The van der Waals surface area contributed by atoms with Crippen LogP contribution in [0.1, 0.15) is 24.0 Å². The molecule has 2 heterocycles. The summed E-state index contributed by atoms with van der Waals surface area (Å²) in [5.74, 6) is -1.24. The maximum Gasteiger partial charge on any atom is 0.338 e. The van der Waals surface area contributed by atoms with Crippen LogP contribution in [0.4, 0.5) is 0 Å². The first-order chi connectivity index (χ1) is 12.4. The summed E-state index contributed by atoms with van der Waals surface area (Å²) in [5.41, 5.74) is 8.37. The van der Waals surface area contributed by atoms with Gasteiger partial charge in [0.05, 0.1) is 24.1 Å². The van der Waals surface area contributed by atoms with Crippen molar-refractivity contribution in [2.24, 2.45) is 5.73 Å². The quantitative estimate of drug-likeness (QED) is 0.643. The third-order valence-electron chi connectivity index (χ3n) is 4.35. The van der Waals surface area contributed by atoms with E-state index >= 15 is 0 Å². The third kappa shape index (κ3) is 2.76. The standard InChI is InChI=1S/C19H16ClN3O3/c1-9-5-4-6-11-7-12(17(20)23-16(9)11)15-13(8-21)18(22)26-10(2)14(15)19(24)25-3/h4-7,15H,22H2,1-3H3/t15-/m0/s1. The number of para-hydroxylation sites is 1. The molecule has 2 aromatic rings. The molecule has 1 aromatic carbocycles. The molecule has 0 saturated heterocycles. The van der Waals surface area contributed by atoms with Gasteiger partial charge in [0.15, 0.2) is 0 Å². The zero-order chi connectivity index (χ0) is 19.0. The summed E-state index contributed by atoms with van der Waals surface area (Å²) in [7, 11) is 1.26. The number of esters is 1. The molecule has 0 saturated carbocycles. The lowest BCUT2D eigenvalue weighted by molar-refractivity contribution is -0.136. The molecule has 3 rings (SSSR count). The fourth-order valence-electron chi connectivity index (χ4n) is 3.11. The maximum absolute atomic E-state index is 12.4. The minimum atomic E-state index is -0.814. The average molecular weight is 370 g/mol. The van der Waals surface area contributed by atoms with Gasteiger partial charge in [0.1, 0.15) is 22.6 Å². The molecule has 7 heteroatoms. The van der Waals surface area contributed by atoms with Gasteiger partial charge >= 0.3 is 5.97 Å². The van der Waals surface area contributed by atoms with Crippen molar-refractivity contribution < 1.29 is 14.3 Å². The number of aromatic nitrogens is 1. The predicted octanol–water partition coefficient (Wildman–Crippen LogP) is 3.45. The van der Waals surface area contributed by atoms with Crippen molar-refractivity contribution in [2.75, 3.05) is 7.11 Å². The summed E-state index contributed by atoms with van der Waals surface area (Å²) < 4.78 is 10.2. The molecule has 132 valence electrons. The normalized spacial score (nSPS) is 17.1. The van der Waals surface area contributed by atoms with Crippen LogP contribution < -0.4 is 5.73 Å². The number of fused-ring (bicyclic) bond motifs is 1. The van der Waals surface area contributed by atoms with Crippen LogP contribution in [0.3, 0.4) is 0 Å². The highest BCUT2D eigenvalue weighted by molar-refractivity contribution is 6.31. The molecular formula is C19H16ClN3O3. The van der Waals surface area contributed by atoms with Crippen LogP contribution in [0, 0.1) is 18.3 Å². The van der Waals surface area contributed by atoms with E-state index < -0.39 is 11.9 Å². The molecule has 0 aliphatic carbocycles. The highest BCUT2D eigenvalue weighted by atomic mass is 35.5. The highest BCUT2D eigenvalue weighted by Crippen LogP contribution is 2.42. The number of ether oxygens (including phenoxy) is 2. The van der Waals surface area contributed by atoms with Crippen molar-refractivity contribution in [3.05, 3.63) is 63.3 Å². The number of halogens is 1. The van der Waals surface area contributed by atoms with E-state index in [2.05, 4.69) is 4.98 Å². The summed E-state index contributed by atoms with van der Waals surface area (Å²) in [6.07, 6.45) is 0. The van der Waals surface area contributed by atoms with E-state index in [4.69, 9.17) is 26.8 Å². The minimum Gasteiger partial charge on any atom is -0.466 e. The molecule has 0 amide bonds. The van der Waals surface area contributed by atoms with E-state index in [-0.39, 0.29) is 27.9 Å². The van der Waals surface area contributed by atoms with Gasteiger partial charge in [-0.05, 0) is 25.5 Å². The number of benzene rings is 1. The number of allylic oxidation sites excluding steroid dienone is 2. The first kappa shape index (κ1) is 17.8. The number of pyridine rings is 1. The molecule has 0 bridgehead atoms. The van der Waals surface area contributed by atoms with Gasteiger partial charge in [-0.25, -0.2) is 9.78 Å². The number of carbonyl (C=O) groups excluding carboxylic acids is 1. The fraction of sp³-hybridized carbons (Fsp3) is 0.211. The van der Waals surface area contributed by atoms with Crippen LogP contribution >= 0.6 is 11.6 Å². The number of hydrogen-bond acceptors (Lipinski definition) is 6. The van der Waals surface area contributed by atoms with Crippen LogP contribution in [0.5, 0.6) is 0 Å². The molecule has 0 unspecified atom stereocenters. The number of hydrogen-bond donors (Lipinski definition) is 1. The second kappa shape index (κ2) is 6.70. The molecule has 0 fully saturated rings. The molecule has 6 nitrogen and oxygen atoms in total. The van der Waals surface area contributed by atoms with Gasteiger partial charge in [-0.1, -0.05) is 29.8 Å². The Balaban J connectivity index is 2.32. The number of carbonyl (C=O) groups is 1. The summed E-state index contributed by atoms with van der Waals surface area (Å²) in [6, 6.07) is 9.56. The Bertz CT molecular complexity index is 1030. The summed E-state index contributed by atoms with van der Waals surface area (Å²) in [5, 5.41) is 10.6. The third-order valence-corrected chi connectivity index (χ3v) is 4.65. The summed E-state index contributed by atoms with van der Waals surface area (Å²) >= 11 is 6.44. The highest BCUT2D eigenvalue weighted by Gasteiger charge is 2.37. The van der Waals surface area contributed by atoms with Crippen molar-refractivity contribution in [1.82, 2.24) is 4.98 Å². The van der Waals surface area contributed by atoms with E-state index in [0.29, 0.717) is 5.56 Å². The lowest BCUT2D eigenvalue weighted by Crippen LogP contribution is -2.25. The molecule has 26 heavy (non-hydrogen) atoms. The number of aryl methyl sites for hydroxylation is 1. The lowest BCUT2D eigenvalue weighted by Gasteiger charge is -2.27. The van der Waals surface area contributed by atoms with Gasteiger partial charge in [0, 0.05) is 10.9 Å². The van der Waals surface area contributed by atoms with Crippen LogP contribution in [0.25, 0.3) is 10.9 Å². The first-order valence-corrected chi connectivity index (χ1v) is 8.19. The van der Waals surface area contributed by atoms with E-state index in [1.54, 1.807) is 6.92 Å². The zero-order valence-corrected chi connectivity index (χ0v) is 15.2. The van der Waals surface area contributed by atoms with Gasteiger partial charge in [0.25, 0.3) is 0 Å². The second-order valence-electron chi connectivity index (χ2n) is 5.90. The predicted molar refractivity (Wildman–Crippen MR) is 96.9 cm³/mol. The Morgan fingerprint density at radius 3 is 2.81 bits per heavy atom. The molecule has 1 atom stereocenters. The number of nitriles is 1. The average Bonchev–Trinajstić information content (AvgIpc) is 2.61. The molecular weight excluding hydrogens is 354 g/mol. The van der Waals surface area contributed by atoms with Gasteiger partial charge in [0.2, 0.25) is 5.88 Å². The lowest BCUT2D eigenvalue weighted by atomic mass is 9.83. The smallest absolute Gasteiger partial charge is 0.338 e. The maximum atomic E-state index is 12.4.